The molecule has 1 fully saturated rings. The number of fused-ring (bicyclic) bond motifs is 1. The number of methoxy groups -OCH3 is 1. The van der Waals surface area contributed by atoms with E-state index in [0.29, 0.717) is 35.8 Å². The molecule has 0 radical (unpaired) electrons. The SMILES string of the molecule is COC1CCN(C(=O)c2ccnc(-c3nnc4ccc(N(C)c5ccccc5)nn34)c2)CC1. The highest BCUT2D eigenvalue weighted by atomic mass is 16.5. The number of hydrogen-bond acceptors (Lipinski definition) is 7. The average molecular weight is 444 g/mol. The molecule has 0 N–H and O–H groups in total. The van der Waals surface area contributed by atoms with Gasteiger partial charge in [-0.25, -0.2) is 0 Å². The van der Waals surface area contributed by atoms with Gasteiger partial charge < -0.3 is 14.5 Å². The summed E-state index contributed by atoms with van der Waals surface area (Å²) in [7, 11) is 3.68. The van der Waals surface area contributed by atoms with Crippen molar-refractivity contribution in [3.8, 4) is 11.5 Å². The molecule has 3 aromatic heterocycles. The molecular weight excluding hydrogens is 418 g/mol. The molecule has 1 aliphatic rings. The minimum absolute atomic E-state index is 0.0144. The number of nitrogens with zero attached hydrogens (tertiary/aromatic N) is 7. The maximum absolute atomic E-state index is 13.1. The van der Waals surface area contributed by atoms with E-state index in [9.17, 15) is 4.79 Å². The van der Waals surface area contributed by atoms with Crippen LogP contribution in [0.15, 0.2) is 60.8 Å². The molecule has 0 unspecified atom stereocenters. The third-order valence-corrected chi connectivity index (χ3v) is 6.03. The number of benzene rings is 1. The van der Waals surface area contributed by atoms with E-state index in [4.69, 9.17) is 9.84 Å². The Hall–Kier alpha value is -3.85. The van der Waals surface area contributed by atoms with Gasteiger partial charge in [-0.3, -0.25) is 9.78 Å². The van der Waals surface area contributed by atoms with Gasteiger partial charge in [0.15, 0.2) is 11.5 Å². The summed E-state index contributed by atoms with van der Waals surface area (Å²) in [5.41, 5.74) is 2.75. The van der Waals surface area contributed by atoms with Crippen LogP contribution < -0.4 is 4.90 Å². The van der Waals surface area contributed by atoms with Crippen LogP contribution in [0.5, 0.6) is 0 Å². The Kier molecular flexibility index (Phi) is 5.70. The molecule has 5 rings (SSSR count). The lowest BCUT2D eigenvalue weighted by atomic mass is 10.1. The molecule has 33 heavy (non-hydrogen) atoms. The van der Waals surface area contributed by atoms with Gasteiger partial charge in [0.05, 0.1) is 6.10 Å². The van der Waals surface area contributed by atoms with Crippen molar-refractivity contribution >= 4 is 23.1 Å². The zero-order valence-electron chi connectivity index (χ0n) is 18.6. The molecule has 9 heteroatoms. The molecule has 0 atom stereocenters. The van der Waals surface area contributed by atoms with Crippen LogP contribution in [0.4, 0.5) is 11.5 Å². The minimum Gasteiger partial charge on any atom is -0.381 e. The minimum atomic E-state index is -0.0144. The first kappa shape index (κ1) is 21.0. The highest BCUT2D eigenvalue weighted by molar-refractivity contribution is 5.95. The van der Waals surface area contributed by atoms with E-state index >= 15 is 0 Å². The summed E-state index contributed by atoms with van der Waals surface area (Å²) >= 11 is 0. The second-order valence-electron chi connectivity index (χ2n) is 8.04. The number of carbonyl (C=O) groups is 1. The van der Waals surface area contributed by atoms with E-state index in [2.05, 4.69) is 15.2 Å². The predicted molar refractivity (Wildman–Crippen MR) is 124 cm³/mol. The normalized spacial score (nSPS) is 14.5. The third kappa shape index (κ3) is 4.14. The fraction of sp³-hybridized carbons (Fsp3) is 0.292. The quantitative estimate of drug-likeness (QED) is 0.468. The summed E-state index contributed by atoms with van der Waals surface area (Å²) in [5.74, 6) is 1.21. The van der Waals surface area contributed by atoms with Crippen molar-refractivity contribution in [1.82, 2.24) is 29.7 Å². The van der Waals surface area contributed by atoms with Crippen molar-refractivity contribution in [2.24, 2.45) is 0 Å². The van der Waals surface area contributed by atoms with E-state index < -0.39 is 0 Å². The molecule has 0 bridgehead atoms. The number of amides is 1. The van der Waals surface area contributed by atoms with Crippen molar-refractivity contribution < 1.29 is 9.53 Å². The van der Waals surface area contributed by atoms with Crippen LogP contribution in [-0.2, 0) is 4.74 Å². The van der Waals surface area contributed by atoms with Crippen LogP contribution >= 0.6 is 0 Å². The molecule has 1 amide bonds. The molecular formula is C24H25N7O2. The van der Waals surface area contributed by atoms with Crippen molar-refractivity contribution in [3.05, 3.63) is 66.4 Å². The first-order chi connectivity index (χ1) is 16.1. The van der Waals surface area contributed by atoms with Gasteiger partial charge in [-0.05, 0) is 49.2 Å². The number of anilines is 2. The van der Waals surface area contributed by atoms with Crippen molar-refractivity contribution in [2.75, 3.05) is 32.1 Å². The summed E-state index contributed by atoms with van der Waals surface area (Å²) in [6.07, 6.45) is 3.54. The summed E-state index contributed by atoms with van der Waals surface area (Å²) in [5, 5.41) is 13.3. The molecule has 1 aliphatic heterocycles. The summed E-state index contributed by atoms with van der Waals surface area (Å²) in [6, 6.07) is 17.3. The number of likely N-dealkylation sites (tertiary alicyclic amines) is 1. The molecule has 0 aliphatic carbocycles. The summed E-state index contributed by atoms with van der Waals surface area (Å²) in [4.78, 5) is 21.4. The van der Waals surface area contributed by atoms with Gasteiger partial charge in [0.1, 0.15) is 5.69 Å². The average Bonchev–Trinajstić information content (AvgIpc) is 3.32. The predicted octanol–water partition coefficient (Wildman–Crippen LogP) is 3.21. The summed E-state index contributed by atoms with van der Waals surface area (Å²) < 4.78 is 7.07. The second kappa shape index (κ2) is 8.95. The molecule has 4 heterocycles. The lowest BCUT2D eigenvalue weighted by Crippen LogP contribution is -2.40. The number of aromatic nitrogens is 5. The monoisotopic (exact) mass is 443 g/mol. The Morgan fingerprint density at radius 1 is 1.06 bits per heavy atom. The fourth-order valence-electron chi connectivity index (χ4n) is 4.06. The van der Waals surface area contributed by atoms with Gasteiger partial charge in [-0.15, -0.1) is 15.3 Å². The van der Waals surface area contributed by atoms with Crippen LogP contribution in [0.1, 0.15) is 23.2 Å². The number of pyridine rings is 1. The lowest BCUT2D eigenvalue weighted by Gasteiger charge is -2.31. The Balaban J connectivity index is 1.44. The molecule has 0 saturated carbocycles. The van der Waals surface area contributed by atoms with Crippen LogP contribution in [0.25, 0.3) is 17.2 Å². The van der Waals surface area contributed by atoms with E-state index in [1.807, 2.05) is 59.3 Å². The zero-order chi connectivity index (χ0) is 22.8. The van der Waals surface area contributed by atoms with Gasteiger partial charge in [0.25, 0.3) is 5.91 Å². The molecule has 0 spiro atoms. The Morgan fingerprint density at radius 2 is 1.85 bits per heavy atom. The smallest absolute Gasteiger partial charge is 0.253 e. The standard InChI is InChI=1S/C24H25N7O2/c1-29(18-6-4-3-5-7-18)22-9-8-21-26-27-23(31(21)28-22)20-16-17(10-13-25-20)24(32)30-14-11-19(33-2)12-15-30/h3-10,13,16,19H,11-12,14-15H2,1-2H3. The van der Waals surface area contributed by atoms with E-state index in [0.717, 1.165) is 24.3 Å². The molecule has 1 saturated heterocycles. The van der Waals surface area contributed by atoms with Crippen LogP contribution in [-0.4, -0.2) is 69.0 Å². The van der Waals surface area contributed by atoms with Crippen LogP contribution in [0.2, 0.25) is 0 Å². The van der Waals surface area contributed by atoms with Crippen molar-refractivity contribution in [2.45, 2.75) is 18.9 Å². The van der Waals surface area contributed by atoms with Crippen molar-refractivity contribution in [1.29, 1.82) is 0 Å². The molecule has 1 aromatic carbocycles. The van der Waals surface area contributed by atoms with Gasteiger partial charge in [0.2, 0.25) is 5.82 Å². The van der Waals surface area contributed by atoms with Gasteiger partial charge in [0, 0.05) is 44.7 Å². The topological polar surface area (TPSA) is 88.8 Å². The Bertz CT molecular complexity index is 1270. The maximum Gasteiger partial charge on any atom is 0.253 e. The lowest BCUT2D eigenvalue weighted by molar-refractivity contribution is 0.0350. The van der Waals surface area contributed by atoms with Crippen LogP contribution in [0.3, 0.4) is 0 Å². The van der Waals surface area contributed by atoms with Gasteiger partial charge >= 0.3 is 0 Å². The fourth-order valence-corrected chi connectivity index (χ4v) is 4.06. The van der Waals surface area contributed by atoms with E-state index in [1.165, 1.54) is 0 Å². The largest absolute Gasteiger partial charge is 0.381 e. The van der Waals surface area contributed by atoms with Gasteiger partial charge in [-0.2, -0.15) is 4.52 Å². The summed E-state index contributed by atoms with van der Waals surface area (Å²) in [6.45, 7) is 1.36. The highest BCUT2D eigenvalue weighted by Crippen LogP contribution is 2.24. The number of piperidine rings is 1. The van der Waals surface area contributed by atoms with Crippen molar-refractivity contribution in [3.63, 3.8) is 0 Å². The number of ether oxygens (including phenoxy) is 1. The Labute approximate surface area is 191 Å². The van der Waals surface area contributed by atoms with E-state index in [-0.39, 0.29) is 12.0 Å². The Morgan fingerprint density at radius 3 is 2.61 bits per heavy atom. The van der Waals surface area contributed by atoms with Crippen LogP contribution in [0, 0.1) is 0 Å². The maximum atomic E-state index is 13.1. The number of rotatable bonds is 5. The zero-order valence-corrected chi connectivity index (χ0v) is 18.6. The second-order valence-corrected chi connectivity index (χ2v) is 8.04. The molecule has 4 aromatic rings. The number of para-hydroxylation sites is 1. The number of hydrogen-bond donors (Lipinski definition) is 0. The molecule has 9 nitrogen and oxygen atoms in total. The van der Waals surface area contributed by atoms with E-state index in [1.54, 1.807) is 30.0 Å². The third-order valence-electron chi connectivity index (χ3n) is 6.03. The number of carbonyl (C=O) groups excluding carboxylic acids is 1. The highest BCUT2D eigenvalue weighted by Gasteiger charge is 2.24. The molecule has 168 valence electrons. The first-order valence-electron chi connectivity index (χ1n) is 10.9. The van der Waals surface area contributed by atoms with Gasteiger partial charge in [-0.1, -0.05) is 18.2 Å². The first-order valence-corrected chi connectivity index (χ1v) is 10.9.